The molecule has 0 aliphatic heterocycles. The summed E-state index contributed by atoms with van der Waals surface area (Å²) in [5.74, 6) is -0.0351. The van der Waals surface area contributed by atoms with Gasteiger partial charge in [-0.05, 0) is 25.0 Å². The maximum Gasteiger partial charge on any atom is 0.154 e. The van der Waals surface area contributed by atoms with Crippen LogP contribution in [0.4, 0.5) is 0 Å². The first-order valence-electron chi connectivity index (χ1n) is 5.21. The summed E-state index contributed by atoms with van der Waals surface area (Å²) in [6, 6.07) is 4.85. The van der Waals surface area contributed by atoms with Gasteiger partial charge in [0.1, 0.15) is 0 Å². The molecule has 1 aromatic carbocycles. The lowest BCUT2D eigenvalue weighted by Crippen LogP contribution is -2.20. The standard InChI is InChI=1S/C11H15Cl2NO2S/c1-8(14)5-6-17(15,16)7-9-3-2-4-10(12)11(9)13/h2-4,8H,5-7,14H2,1H3. The number of benzene rings is 1. The van der Waals surface area contributed by atoms with Crippen LogP contribution in [0.1, 0.15) is 18.9 Å². The van der Waals surface area contributed by atoms with Crippen molar-refractivity contribution in [2.45, 2.75) is 25.1 Å². The van der Waals surface area contributed by atoms with Gasteiger partial charge in [-0.25, -0.2) is 8.42 Å². The Morgan fingerprint density at radius 1 is 1.35 bits per heavy atom. The van der Waals surface area contributed by atoms with Crippen molar-refractivity contribution in [1.82, 2.24) is 0 Å². The van der Waals surface area contributed by atoms with Gasteiger partial charge >= 0.3 is 0 Å². The summed E-state index contributed by atoms with van der Waals surface area (Å²) in [6.45, 7) is 1.78. The van der Waals surface area contributed by atoms with Gasteiger partial charge in [-0.3, -0.25) is 0 Å². The van der Waals surface area contributed by atoms with Gasteiger partial charge in [-0.2, -0.15) is 0 Å². The molecule has 1 atom stereocenters. The van der Waals surface area contributed by atoms with Crippen LogP contribution in [0, 0.1) is 0 Å². The summed E-state index contributed by atoms with van der Waals surface area (Å²) in [7, 11) is -3.19. The quantitative estimate of drug-likeness (QED) is 0.908. The van der Waals surface area contributed by atoms with Crippen molar-refractivity contribution in [3.63, 3.8) is 0 Å². The fourth-order valence-electron chi connectivity index (χ4n) is 1.33. The Bertz CT molecular complexity index is 486. The summed E-state index contributed by atoms with van der Waals surface area (Å²) >= 11 is 11.8. The molecule has 3 nitrogen and oxygen atoms in total. The lowest BCUT2D eigenvalue weighted by atomic mass is 10.2. The van der Waals surface area contributed by atoms with Crippen molar-refractivity contribution in [2.75, 3.05) is 5.75 Å². The van der Waals surface area contributed by atoms with Crippen molar-refractivity contribution in [1.29, 1.82) is 0 Å². The molecule has 0 aliphatic carbocycles. The Labute approximate surface area is 112 Å². The molecule has 17 heavy (non-hydrogen) atoms. The van der Waals surface area contributed by atoms with E-state index in [0.717, 1.165) is 0 Å². The van der Waals surface area contributed by atoms with Crippen molar-refractivity contribution in [3.05, 3.63) is 33.8 Å². The molecule has 6 heteroatoms. The highest BCUT2D eigenvalue weighted by atomic mass is 35.5. The molecular formula is C11H15Cl2NO2S. The highest BCUT2D eigenvalue weighted by molar-refractivity contribution is 7.90. The number of hydrogen-bond acceptors (Lipinski definition) is 3. The van der Waals surface area contributed by atoms with E-state index in [0.29, 0.717) is 22.0 Å². The van der Waals surface area contributed by atoms with Crippen LogP contribution in [-0.2, 0) is 15.6 Å². The third-order valence-electron chi connectivity index (χ3n) is 2.29. The van der Waals surface area contributed by atoms with E-state index in [1.54, 1.807) is 25.1 Å². The average Bonchev–Trinajstić information content (AvgIpc) is 2.22. The van der Waals surface area contributed by atoms with Gasteiger partial charge < -0.3 is 5.73 Å². The van der Waals surface area contributed by atoms with E-state index < -0.39 is 9.84 Å². The lowest BCUT2D eigenvalue weighted by Gasteiger charge is -2.08. The molecule has 1 unspecified atom stereocenters. The number of halogens is 2. The molecule has 1 rings (SSSR count). The van der Waals surface area contributed by atoms with E-state index in [4.69, 9.17) is 28.9 Å². The largest absolute Gasteiger partial charge is 0.328 e. The van der Waals surface area contributed by atoms with Gasteiger partial charge in [0.05, 0.1) is 21.6 Å². The maximum atomic E-state index is 11.8. The van der Waals surface area contributed by atoms with Gasteiger partial charge in [-0.1, -0.05) is 35.3 Å². The average molecular weight is 296 g/mol. The molecule has 0 bridgehead atoms. The summed E-state index contributed by atoms with van der Waals surface area (Å²) < 4.78 is 23.6. The summed E-state index contributed by atoms with van der Waals surface area (Å²) in [4.78, 5) is 0. The van der Waals surface area contributed by atoms with Crippen molar-refractivity contribution >= 4 is 33.0 Å². The van der Waals surface area contributed by atoms with E-state index in [-0.39, 0.29) is 17.5 Å². The molecule has 96 valence electrons. The molecule has 0 heterocycles. The van der Waals surface area contributed by atoms with E-state index in [2.05, 4.69) is 0 Å². The molecule has 1 aromatic rings. The minimum atomic E-state index is -3.19. The van der Waals surface area contributed by atoms with E-state index in [9.17, 15) is 8.42 Å². The molecule has 0 aromatic heterocycles. The maximum absolute atomic E-state index is 11.8. The normalized spacial score (nSPS) is 13.6. The summed E-state index contributed by atoms with van der Waals surface area (Å²) in [6.07, 6.45) is 0.445. The van der Waals surface area contributed by atoms with Crippen molar-refractivity contribution in [3.8, 4) is 0 Å². The van der Waals surface area contributed by atoms with Gasteiger partial charge in [0.25, 0.3) is 0 Å². The molecule has 0 aliphatic rings. The second kappa shape index (κ2) is 6.05. The van der Waals surface area contributed by atoms with E-state index in [1.165, 1.54) is 0 Å². The number of hydrogen-bond donors (Lipinski definition) is 1. The first-order chi connectivity index (χ1) is 7.82. The third-order valence-corrected chi connectivity index (χ3v) is 4.76. The monoisotopic (exact) mass is 295 g/mol. The minimum Gasteiger partial charge on any atom is -0.328 e. The molecular weight excluding hydrogens is 281 g/mol. The molecule has 0 spiro atoms. The zero-order valence-corrected chi connectivity index (χ0v) is 11.8. The van der Waals surface area contributed by atoms with Crippen LogP contribution in [0.5, 0.6) is 0 Å². The van der Waals surface area contributed by atoms with Crippen molar-refractivity contribution < 1.29 is 8.42 Å². The first kappa shape index (κ1) is 14.8. The van der Waals surface area contributed by atoms with Crippen LogP contribution >= 0.6 is 23.2 Å². The Morgan fingerprint density at radius 3 is 2.59 bits per heavy atom. The van der Waals surface area contributed by atoms with Crippen LogP contribution in [-0.4, -0.2) is 20.2 Å². The van der Waals surface area contributed by atoms with Crippen molar-refractivity contribution in [2.24, 2.45) is 5.73 Å². The third kappa shape index (κ3) is 4.84. The topological polar surface area (TPSA) is 60.2 Å². The SMILES string of the molecule is CC(N)CCS(=O)(=O)Cc1cccc(Cl)c1Cl. The Morgan fingerprint density at radius 2 is 2.00 bits per heavy atom. The van der Waals surface area contributed by atoms with E-state index >= 15 is 0 Å². The van der Waals surface area contributed by atoms with Crippen LogP contribution < -0.4 is 5.73 Å². The molecule has 2 N–H and O–H groups in total. The predicted molar refractivity (Wildman–Crippen MR) is 72.2 cm³/mol. The van der Waals surface area contributed by atoms with Gasteiger partial charge in [0.15, 0.2) is 9.84 Å². The Balaban J connectivity index is 2.80. The van der Waals surface area contributed by atoms with E-state index in [1.807, 2.05) is 0 Å². The van der Waals surface area contributed by atoms with Crippen LogP contribution in [0.3, 0.4) is 0 Å². The lowest BCUT2D eigenvalue weighted by molar-refractivity contribution is 0.586. The Hall–Kier alpha value is -0.290. The molecule has 0 saturated heterocycles. The summed E-state index contributed by atoms with van der Waals surface area (Å²) in [5, 5.41) is 0.671. The highest BCUT2D eigenvalue weighted by Gasteiger charge is 2.15. The highest BCUT2D eigenvalue weighted by Crippen LogP contribution is 2.27. The number of rotatable bonds is 5. The van der Waals surface area contributed by atoms with Crippen LogP contribution in [0.25, 0.3) is 0 Å². The van der Waals surface area contributed by atoms with Gasteiger partial charge in [0.2, 0.25) is 0 Å². The second-order valence-electron chi connectivity index (χ2n) is 4.07. The second-order valence-corrected chi connectivity index (χ2v) is 7.04. The zero-order valence-electron chi connectivity index (χ0n) is 9.49. The molecule has 0 amide bonds. The zero-order chi connectivity index (χ0) is 13.1. The fourth-order valence-corrected chi connectivity index (χ4v) is 3.39. The Kier molecular flexibility index (Phi) is 5.25. The first-order valence-corrected chi connectivity index (χ1v) is 7.78. The molecule has 0 fully saturated rings. The van der Waals surface area contributed by atoms with Crippen LogP contribution in [0.15, 0.2) is 18.2 Å². The predicted octanol–water partition coefficient (Wildman–Crippen LogP) is 2.65. The van der Waals surface area contributed by atoms with Crippen LogP contribution in [0.2, 0.25) is 10.0 Å². The number of sulfone groups is 1. The van der Waals surface area contributed by atoms with Gasteiger partial charge in [0, 0.05) is 6.04 Å². The fraction of sp³-hybridized carbons (Fsp3) is 0.455. The summed E-state index contributed by atoms with van der Waals surface area (Å²) in [5.41, 5.74) is 6.07. The molecule has 0 radical (unpaired) electrons. The molecule has 0 saturated carbocycles. The minimum absolute atomic E-state index is 0.0630. The number of nitrogens with two attached hydrogens (primary N) is 1. The van der Waals surface area contributed by atoms with Gasteiger partial charge in [-0.15, -0.1) is 0 Å². The smallest absolute Gasteiger partial charge is 0.154 e.